The van der Waals surface area contributed by atoms with Crippen LogP contribution in [-0.4, -0.2) is 17.8 Å². The highest BCUT2D eigenvalue weighted by Gasteiger charge is 2.37. The summed E-state index contributed by atoms with van der Waals surface area (Å²) in [7, 11) is 0. The second kappa shape index (κ2) is 8.49. The summed E-state index contributed by atoms with van der Waals surface area (Å²) >= 11 is 0. The van der Waals surface area contributed by atoms with Crippen LogP contribution in [0.1, 0.15) is 23.1 Å². The molecule has 1 atom stereocenters. The van der Waals surface area contributed by atoms with Crippen molar-refractivity contribution in [2.75, 3.05) is 6.61 Å². The zero-order chi connectivity index (χ0) is 18.2. The molecule has 1 N–H and O–H groups in total. The summed E-state index contributed by atoms with van der Waals surface area (Å²) in [6.07, 6.45) is 4.88. The van der Waals surface area contributed by atoms with Gasteiger partial charge in [0.1, 0.15) is 5.60 Å². The quantitative estimate of drug-likeness (QED) is 0.510. The number of aliphatic hydroxyl groups is 1. The van der Waals surface area contributed by atoms with Crippen LogP contribution in [0, 0.1) is 12.3 Å². The Balaban J connectivity index is 2.16. The molecule has 0 saturated heterocycles. The Bertz CT molecular complexity index is 739. The third kappa shape index (κ3) is 3.70. The van der Waals surface area contributed by atoms with Gasteiger partial charge in [-0.05, 0) is 16.7 Å². The second-order valence-electron chi connectivity index (χ2n) is 6.15. The maximum Gasteiger partial charge on any atom is 0.143 e. The van der Waals surface area contributed by atoms with Crippen LogP contribution in [0.3, 0.4) is 0 Å². The number of hydrogen-bond donors (Lipinski definition) is 1. The summed E-state index contributed by atoms with van der Waals surface area (Å²) < 4.78 is 6.46. The van der Waals surface area contributed by atoms with Gasteiger partial charge in [-0.2, -0.15) is 0 Å². The zero-order valence-corrected chi connectivity index (χ0v) is 14.6. The fraction of sp³-hybridized carbons (Fsp3) is 0.167. The molecule has 0 aliphatic carbocycles. The lowest BCUT2D eigenvalue weighted by molar-refractivity contribution is -0.0362. The lowest BCUT2D eigenvalue weighted by Gasteiger charge is -2.36. The van der Waals surface area contributed by atoms with Gasteiger partial charge in [-0.3, -0.25) is 0 Å². The van der Waals surface area contributed by atoms with Crippen molar-refractivity contribution >= 4 is 0 Å². The molecule has 0 fully saturated rings. The molecule has 2 heteroatoms. The Labute approximate surface area is 155 Å². The van der Waals surface area contributed by atoms with Crippen LogP contribution in [0.4, 0.5) is 0 Å². The van der Waals surface area contributed by atoms with Crippen molar-refractivity contribution in [1.29, 1.82) is 0 Å². The summed E-state index contributed by atoms with van der Waals surface area (Å²) in [6, 6.07) is 30.2. The van der Waals surface area contributed by atoms with Gasteiger partial charge in [0.25, 0.3) is 0 Å². The van der Waals surface area contributed by atoms with E-state index in [9.17, 15) is 5.11 Å². The van der Waals surface area contributed by atoms with Crippen LogP contribution >= 0.6 is 0 Å². The number of rotatable bonds is 7. The summed E-state index contributed by atoms with van der Waals surface area (Å²) in [6.45, 7) is 0.142. The predicted molar refractivity (Wildman–Crippen MR) is 105 cm³/mol. The molecular formula is C24H22O2. The lowest BCUT2D eigenvalue weighted by Crippen LogP contribution is -2.35. The fourth-order valence-electron chi connectivity index (χ4n) is 3.18. The fourth-order valence-corrected chi connectivity index (χ4v) is 3.18. The highest BCUT2D eigenvalue weighted by Crippen LogP contribution is 2.40. The van der Waals surface area contributed by atoms with Gasteiger partial charge in [0.2, 0.25) is 0 Å². The van der Waals surface area contributed by atoms with Crippen LogP contribution in [-0.2, 0) is 10.3 Å². The Hall–Kier alpha value is -2.86. The van der Waals surface area contributed by atoms with Crippen LogP contribution in [0.2, 0.25) is 0 Å². The molecule has 0 saturated carbocycles. The van der Waals surface area contributed by atoms with Gasteiger partial charge in [0.15, 0.2) is 0 Å². The van der Waals surface area contributed by atoms with E-state index in [1.807, 2.05) is 91.0 Å². The number of hydrogen-bond acceptors (Lipinski definition) is 2. The van der Waals surface area contributed by atoms with Crippen LogP contribution in [0.25, 0.3) is 0 Å². The van der Waals surface area contributed by atoms with E-state index < -0.39 is 11.7 Å². The molecule has 3 rings (SSSR count). The highest BCUT2D eigenvalue weighted by molar-refractivity contribution is 5.47. The molecule has 26 heavy (non-hydrogen) atoms. The van der Waals surface area contributed by atoms with Crippen molar-refractivity contribution in [2.24, 2.45) is 0 Å². The third-order valence-electron chi connectivity index (χ3n) is 4.39. The van der Waals surface area contributed by atoms with E-state index in [0.29, 0.717) is 0 Å². The molecule has 0 spiro atoms. The van der Waals surface area contributed by atoms with Gasteiger partial charge in [0.05, 0.1) is 12.7 Å². The molecule has 0 bridgehead atoms. The van der Waals surface area contributed by atoms with Crippen LogP contribution < -0.4 is 0 Å². The topological polar surface area (TPSA) is 29.5 Å². The van der Waals surface area contributed by atoms with E-state index in [1.54, 1.807) is 0 Å². The summed E-state index contributed by atoms with van der Waals surface area (Å²) in [5, 5.41) is 10.2. The summed E-state index contributed by atoms with van der Waals surface area (Å²) in [5.74, 6) is 2.49. The molecule has 0 aliphatic heterocycles. The van der Waals surface area contributed by atoms with Crippen molar-refractivity contribution < 1.29 is 9.84 Å². The minimum Gasteiger partial charge on any atom is -0.390 e. The number of benzene rings is 3. The van der Waals surface area contributed by atoms with Gasteiger partial charge in [-0.15, -0.1) is 12.3 Å². The zero-order valence-electron chi connectivity index (χ0n) is 14.6. The van der Waals surface area contributed by atoms with Gasteiger partial charge in [0, 0.05) is 6.42 Å². The average Bonchev–Trinajstić information content (AvgIpc) is 2.71. The Morgan fingerprint density at radius 2 is 1.15 bits per heavy atom. The van der Waals surface area contributed by atoms with E-state index in [1.165, 1.54) is 0 Å². The van der Waals surface area contributed by atoms with Crippen LogP contribution in [0.5, 0.6) is 0 Å². The smallest absolute Gasteiger partial charge is 0.143 e. The van der Waals surface area contributed by atoms with Crippen molar-refractivity contribution in [3.63, 3.8) is 0 Å². The van der Waals surface area contributed by atoms with Crippen molar-refractivity contribution in [3.8, 4) is 12.3 Å². The maximum absolute atomic E-state index is 10.2. The second-order valence-corrected chi connectivity index (χ2v) is 6.15. The van der Waals surface area contributed by atoms with Gasteiger partial charge in [-0.25, -0.2) is 0 Å². The first kappa shape index (κ1) is 17.9. The van der Waals surface area contributed by atoms with Crippen molar-refractivity contribution in [1.82, 2.24) is 0 Å². The third-order valence-corrected chi connectivity index (χ3v) is 4.39. The van der Waals surface area contributed by atoms with E-state index >= 15 is 0 Å². The molecule has 2 nitrogen and oxygen atoms in total. The Kier molecular flexibility index (Phi) is 5.86. The molecule has 0 heterocycles. The summed E-state index contributed by atoms with van der Waals surface area (Å²) in [4.78, 5) is 0. The lowest BCUT2D eigenvalue weighted by atomic mass is 9.80. The minimum atomic E-state index is -0.820. The molecule has 130 valence electrons. The molecule has 0 aromatic heterocycles. The molecule has 3 aromatic rings. The number of ether oxygens (including phenoxy) is 1. The normalized spacial score (nSPS) is 12.3. The molecule has 0 amide bonds. The molecule has 1 unspecified atom stereocenters. The first-order chi connectivity index (χ1) is 12.8. The monoisotopic (exact) mass is 342 g/mol. The number of aliphatic hydroxyl groups excluding tert-OH is 1. The minimum absolute atomic E-state index is 0.142. The molecule has 0 radical (unpaired) electrons. The summed E-state index contributed by atoms with van der Waals surface area (Å²) in [5.41, 5.74) is 2.19. The van der Waals surface area contributed by atoms with Crippen molar-refractivity contribution in [2.45, 2.75) is 18.1 Å². The first-order valence-corrected chi connectivity index (χ1v) is 8.69. The standard InChI is InChI=1S/C24H22O2/c1-2-12-23(25)19-26-24(20-13-6-3-7-14-20,21-15-8-4-9-16-21)22-17-10-5-11-18-22/h1,3-11,13-18,23,25H,12,19H2. The first-order valence-electron chi connectivity index (χ1n) is 8.69. The molecular weight excluding hydrogens is 320 g/mol. The predicted octanol–water partition coefficient (Wildman–Crippen LogP) is 4.38. The van der Waals surface area contributed by atoms with E-state index in [0.717, 1.165) is 16.7 Å². The van der Waals surface area contributed by atoms with Crippen molar-refractivity contribution in [3.05, 3.63) is 108 Å². The van der Waals surface area contributed by atoms with E-state index in [2.05, 4.69) is 5.92 Å². The SMILES string of the molecule is C#CCC(O)COC(c1ccccc1)(c1ccccc1)c1ccccc1. The maximum atomic E-state index is 10.2. The Morgan fingerprint density at radius 1 is 0.769 bits per heavy atom. The van der Waals surface area contributed by atoms with E-state index in [-0.39, 0.29) is 13.0 Å². The largest absolute Gasteiger partial charge is 0.390 e. The molecule has 0 aliphatic rings. The Morgan fingerprint density at radius 3 is 1.50 bits per heavy atom. The average molecular weight is 342 g/mol. The van der Waals surface area contributed by atoms with Gasteiger partial charge >= 0.3 is 0 Å². The molecule has 3 aromatic carbocycles. The number of terminal acetylenes is 1. The highest BCUT2D eigenvalue weighted by atomic mass is 16.5. The van der Waals surface area contributed by atoms with Gasteiger partial charge < -0.3 is 9.84 Å². The van der Waals surface area contributed by atoms with Crippen LogP contribution in [0.15, 0.2) is 91.0 Å². The van der Waals surface area contributed by atoms with Gasteiger partial charge in [-0.1, -0.05) is 91.0 Å². The van der Waals surface area contributed by atoms with E-state index in [4.69, 9.17) is 11.2 Å².